The van der Waals surface area contributed by atoms with E-state index in [0.717, 1.165) is 57.2 Å². The van der Waals surface area contributed by atoms with Crippen molar-refractivity contribution in [2.45, 2.75) is 48.0 Å². The second-order valence-corrected chi connectivity index (χ2v) is 9.71. The first-order valence-electron chi connectivity index (χ1n) is 15.1. The predicted octanol–water partition coefficient (Wildman–Crippen LogP) is 6.38. The number of likely N-dealkylation sites (N-methyl/N-ethyl adjacent to an activating group) is 1. The molecule has 0 spiro atoms. The van der Waals surface area contributed by atoms with Gasteiger partial charge < -0.3 is 30.2 Å². The van der Waals surface area contributed by atoms with Gasteiger partial charge in [-0.15, -0.1) is 0 Å². The summed E-state index contributed by atoms with van der Waals surface area (Å²) in [6.07, 6.45) is 4.31. The first kappa shape index (κ1) is 33.2. The number of benzene rings is 1. The molecule has 1 fully saturated rings. The van der Waals surface area contributed by atoms with E-state index < -0.39 is 5.82 Å². The minimum Gasteiger partial charge on any atom is -0.434 e. The van der Waals surface area contributed by atoms with Gasteiger partial charge in [0.05, 0.1) is 11.9 Å². The maximum absolute atomic E-state index is 15.0. The Bertz CT molecular complexity index is 1450. The van der Waals surface area contributed by atoms with Crippen LogP contribution in [-0.2, 0) is 0 Å². The molecule has 0 aliphatic carbocycles. The van der Waals surface area contributed by atoms with E-state index in [0.29, 0.717) is 16.7 Å². The van der Waals surface area contributed by atoms with Crippen LogP contribution in [0.25, 0.3) is 10.9 Å². The fraction of sp³-hybridized carbons (Fsp3) is 0.438. The van der Waals surface area contributed by atoms with Gasteiger partial charge in [0.15, 0.2) is 22.9 Å². The van der Waals surface area contributed by atoms with E-state index in [1.165, 1.54) is 18.8 Å². The number of rotatable bonds is 9. The number of aryl methyl sites for hydroxylation is 1. The normalized spacial score (nSPS) is 12.9. The van der Waals surface area contributed by atoms with Gasteiger partial charge in [0.25, 0.3) is 0 Å². The van der Waals surface area contributed by atoms with Gasteiger partial charge in [-0.1, -0.05) is 34.6 Å². The SMILES string of the molecule is CC.CCCNCC.CCN1CCN(c2ccc(Nc3ncnc(Oc4ccc5[nH]c(C)cc5c4F)c3C#N)nc2)CC1. The standard InChI is InChI=1S/C25H25FN8O.C5H13N.C2H6/c1-3-33-8-10-34(11-9-33)17-4-7-22(28-14-17)32-24-19(13-27)25(30-15-29-24)35-21-6-5-20-18(23(21)26)12-16(2)31-20;1-3-5-6-4-2;1-2/h4-7,12,14-15,31H,3,8-11H2,1-2H3,(H,28,29,30,32);6H,3-5H2,1-2H3;1-2H3. The fourth-order valence-electron chi connectivity index (χ4n) is 4.56. The number of hydrogen-bond acceptors (Lipinski definition) is 9. The van der Waals surface area contributed by atoms with Crippen LogP contribution in [0.5, 0.6) is 11.6 Å². The van der Waals surface area contributed by atoms with Gasteiger partial charge in [0, 0.05) is 42.8 Å². The average Bonchev–Trinajstić information content (AvgIpc) is 3.44. The second-order valence-electron chi connectivity index (χ2n) is 9.71. The second kappa shape index (κ2) is 17.0. The number of aromatic nitrogens is 4. The molecule has 0 unspecified atom stereocenters. The van der Waals surface area contributed by atoms with Gasteiger partial charge in [-0.3, -0.25) is 0 Å². The minimum absolute atomic E-state index is 0.0247. The van der Waals surface area contributed by atoms with Crippen LogP contribution in [0.2, 0.25) is 0 Å². The zero-order valence-electron chi connectivity index (χ0n) is 26.2. The summed E-state index contributed by atoms with van der Waals surface area (Å²) >= 11 is 0. The number of piperazine rings is 1. The molecule has 1 aliphatic rings. The largest absolute Gasteiger partial charge is 0.434 e. The van der Waals surface area contributed by atoms with Crippen LogP contribution < -0.4 is 20.3 Å². The molecule has 0 bridgehead atoms. The molecule has 3 N–H and O–H groups in total. The van der Waals surface area contributed by atoms with Crippen LogP contribution in [0.1, 0.15) is 52.3 Å². The van der Waals surface area contributed by atoms with E-state index in [1.54, 1.807) is 18.3 Å². The Kier molecular flexibility index (Phi) is 13.1. The molecular formula is C32H44FN9O. The Morgan fingerprint density at radius 3 is 2.42 bits per heavy atom. The number of aromatic amines is 1. The van der Waals surface area contributed by atoms with Crippen molar-refractivity contribution in [1.29, 1.82) is 5.26 Å². The van der Waals surface area contributed by atoms with E-state index in [-0.39, 0.29) is 23.0 Å². The highest BCUT2D eigenvalue weighted by Crippen LogP contribution is 2.33. The molecule has 10 nitrogen and oxygen atoms in total. The number of nitrogens with zero attached hydrogens (tertiary/aromatic N) is 6. The van der Waals surface area contributed by atoms with Gasteiger partial charge in [0.1, 0.15) is 18.2 Å². The molecular weight excluding hydrogens is 545 g/mol. The lowest BCUT2D eigenvalue weighted by Gasteiger charge is -2.35. The van der Waals surface area contributed by atoms with E-state index in [2.05, 4.69) is 67.2 Å². The molecule has 43 heavy (non-hydrogen) atoms. The molecule has 5 rings (SSSR count). The summed E-state index contributed by atoms with van der Waals surface area (Å²) in [5.41, 5.74) is 2.60. The molecule has 1 aliphatic heterocycles. The number of ether oxygens (including phenoxy) is 1. The molecule has 11 heteroatoms. The Balaban J connectivity index is 0.000000566. The van der Waals surface area contributed by atoms with E-state index in [9.17, 15) is 9.65 Å². The molecule has 0 saturated carbocycles. The molecule has 3 aromatic heterocycles. The van der Waals surface area contributed by atoms with Crippen LogP contribution >= 0.6 is 0 Å². The lowest BCUT2D eigenvalue weighted by Crippen LogP contribution is -2.46. The van der Waals surface area contributed by atoms with E-state index >= 15 is 0 Å². The summed E-state index contributed by atoms with van der Waals surface area (Å²) in [6.45, 7) is 19.6. The highest BCUT2D eigenvalue weighted by atomic mass is 19.1. The van der Waals surface area contributed by atoms with Gasteiger partial charge in [-0.05, 0) is 63.3 Å². The number of anilines is 3. The highest BCUT2D eigenvalue weighted by molar-refractivity contribution is 5.83. The van der Waals surface area contributed by atoms with Crippen molar-refractivity contribution in [1.82, 2.24) is 30.2 Å². The summed E-state index contributed by atoms with van der Waals surface area (Å²) in [5, 5.41) is 16.4. The van der Waals surface area contributed by atoms with Gasteiger partial charge in [0.2, 0.25) is 5.88 Å². The van der Waals surface area contributed by atoms with Crippen molar-refractivity contribution < 1.29 is 9.13 Å². The topological polar surface area (TPSA) is 118 Å². The lowest BCUT2D eigenvalue weighted by molar-refractivity contribution is 0.271. The van der Waals surface area contributed by atoms with Gasteiger partial charge in [-0.2, -0.15) is 5.26 Å². The van der Waals surface area contributed by atoms with E-state index in [4.69, 9.17) is 4.74 Å². The Morgan fingerprint density at radius 1 is 1.05 bits per heavy atom. The lowest BCUT2D eigenvalue weighted by atomic mass is 10.2. The van der Waals surface area contributed by atoms with Gasteiger partial charge in [-0.25, -0.2) is 19.3 Å². The molecule has 4 aromatic rings. The number of hydrogen-bond donors (Lipinski definition) is 3. The summed E-state index contributed by atoms with van der Waals surface area (Å²) < 4.78 is 20.7. The van der Waals surface area contributed by atoms with Crippen molar-refractivity contribution in [3.63, 3.8) is 0 Å². The smallest absolute Gasteiger partial charge is 0.242 e. The molecule has 4 heterocycles. The molecule has 1 saturated heterocycles. The van der Waals surface area contributed by atoms with Crippen LogP contribution in [0.4, 0.5) is 21.7 Å². The summed E-state index contributed by atoms with van der Waals surface area (Å²) in [5.74, 6) is 0.163. The van der Waals surface area contributed by atoms with Crippen molar-refractivity contribution in [3.05, 3.63) is 59.9 Å². The van der Waals surface area contributed by atoms with Crippen molar-refractivity contribution in [3.8, 4) is 17.7 Å². The third kappa shape index (κ3) is 8.86. The Hall–Kier alpha value is -4.27. The first-order chi connectivity index (χ1) is 21.0. The van der Waals surface area contributed by atoms with Crippen LogP contribution in [0.3, 0.4) is 0 Å². The van der Waals surface area contributed by atoms with Crippen molar-refractivity contribution >= 4 is 28.2 Å². The minimum atomic E-state index is -0.527. The Morgan fingerprint density at radius 2 is 1.81 bits per heavy atom. The number of halogens is 1. The first-order valence-corrected chi connectivity index (χ1v) is 15.1. The summed E-state index contributed by atoms with van der Waals surface area (Å²) in [4.78, 5) is 20.5. The fourth-order valence-corrected chi connectivity index (χ4v) is 4.56. The summed E-state index contributed by atoms with van der Waals surface area (Å²) in [6, 6.07) is 10.8. The third-order valence-electron chi connectivity index (χ3n) is 6.82. The zero-order chi connectivity index (χ0) is 31.2. The molecule has 0 amide bonds. The highest BCUT2D eigenvalue weighted by Gasteiger charge is 2.19. The zero-order valence-corrected chi connectivity index (χ0v) is 26.2. The number of fused-ring (bicyclic) bond motifs is 1. The van der Waals surface area contributed by atoms with Crippen LogP contribution in [-0.4, -0.2) is 70.6 Å². The Labute approximate surface area is 254 Å². The van der Waals surface area contributed by atoms with E-state index in [1.807, 2.05) is 32.9 Å². The predicted molar refractivity (Wildman–Crippen MR) is 172 cm³/mol. The number of nitriles is 1. The maximum atomic E-state index is 15.0. The van der Waals surface area contributed by atoms with Crippen molar-refractivity contribution in [2.75, 3.05) is 56.0 Å². The average molecular weight is 590 g/mol. The van der Waals surface area contributed by atoms with Crippen LogP contribution in [0.15, 0.2) is 42.9 Å². The third-order valence-corrected chi connectivity index (χ3v) is 6.82. The quantitative estimate of drug-likeness (QED) is 0.191. The monoisotopic (exact) mass is 589 g/mol. The molecule has 0 atom stereocenters. The number of pyridine rings is 1. The summed E-state index contributed by atoms with van der Waals surface area (Å²) in [7, 11) is 0. The molecule has 0 radical (unpaired) electrons. The van der Waals surface area contributed by atoms with Gasteiger partial charge >= 0.3 is 0 Å². The number of nitrogens with one attached hydrogen (secondary N) is 3. The number of H-pyrrole nitrogens is 1. The van der Waals surface area contributed by atoms with Crippen LogP contribution in [0, 0.1) is 24.1 Å². The molecule has 230 valence electrons. The molecule has 1 aromatic carbocycles. The van der Waals surface area contributed by atoms with Crippen molar-refractivity contribution in [2.24, 2.45) is 0 Å². The maximum Gasteiger partial charge on any atom is 0.242 e.